The van der Waals surface area contributed by atoms with E-state index in [-0.39, 0.29) is 0 Å². The van der Waals surface area contributed by atoms with E-state index in [2.05, 4.69) is 33.1 Å². The number of rotatable bonds is 2. The van der Waals surface area contributed by atoms with Crippen LogP contribution < -0.4 is 0 Å². The van der Waals surface area contributed by atoms with Crippen molar-refractivity contribution in [3.8, 4) is 11.4 Å². The van der Waals surface area contributed by atoms with Gasteiger partial charge in [0.25, 0.3) is 0 Å². The maximum atomic E-state index is 5.01. The van der Waals surface area contributed by atoms with Crippen LogP contribution in [-0.2, 0) is 13.0 Å². The minimum atomic E-state index is 0.474. The molecule has 100 valence electrons. The standard InChI is InChI=1S/C13H17N5S/c1-3-18-5-4-11-9(7-18)6-10(8(2)14-11)12-15-13(19)17-16-12/h6H,3-5,7H2,1-2H3,(H2,15,16,17,19). The molecule has 0 saturated heterocycles. The van der Waals surface area contributed by atoms with E-state index < -0.39 is 0 Å². The molecule has 0 amide bonds. The summed E-state index contributed by atoms with van der Waals surface area (Å²) in [6.07, 6.45) is 1.03. The molecule has 1 aliphatic rings. The number of likely N-dealkylation sites (N-methyl/N-ethyl adjacent to an activating group) is 1. The molecular weight excluding hydrogens is 258 g/mol. The Morgan fingerprint density at radius 2 is 2.21 bits per heavy atom. The van der Waals surface area contributed by atoms with Crippen molar-refractivity contribution in [2.75, 3.05) is 13.1 Å². The number of nitrogens with one attached hydrogen (secondary N) is 2. The van der Waals surface area contributed by atoms with Gasteiger partial charge in [0, 0.05) is 36.5 Å². The first kappa shape index (κ1) is 12.5. The number of hydrogen-bond donors (Lipinski definition) is 2. The van der Waals surface area contributed by atoms with Crippen molar-refractivity contribution in [3.63, 3.8) is 0 Å². The molecule has 3 rings (SSSR count). The smallest absolute Gasteiger partial charge is 0.213 e. The van der Waals surface area contributed by atoms with Crippen LogP contribution >= 0.6 is 12.2 Å². The van der Waals surface area contributed by atoms with Gasteiger partial charge in [-0.1, -0.05) is 6.92 Å². The third-order valence-electron chi connectivity index (χ3n) is 3.64. The summed E-state index contributed by atoms with van der Waals surface area (Å²) in [6, 6.07) is 2.20. The number of fused-ring (bicyclic) bond motifs is 1. The Balaban J connectivity index is 2.05. The zero-order chi connectivity index (χ0) is 13.4. The molecule has 0 aromatic carbocycles. The fourth-order valence-electron chi connectivity index (χ4n) is 2.54. The zero-order valence-corrected chi connectivity index (χ0v) is 12.0. The summed E-state index contributed by atoms with van der Waals surface area (Å²) in [5.74, 6) is 0.770. The molecular formula is C13H17N5S. The highest BCUT2D eigenvalue weighted by Gasteiger charge is 2.19. The summed E-state index contributed by atoms with van der Waals surface area (Å²) in [5.41, 5.74) is 4.56. The van der Waals surface area contributed by atoms with Gasteiger partial charge in [-0.05, 0) is 37.3 Å². The van der Waals surface area contributed by atoms with E-state index in [9.17, 15) is 0 Å². The van der Waals surface area contributed by atoms with Crippen LogP contribution in [0.25, 0.3) is 11.4 Å². The Morgan fingerprint density at radius 3 is 2.89 bits per heavy atom. The van der Waals surface area contributed by atoms with Crippen LogP contribution in [0.1, 0.15) is 23.9 Å². The van der Waals surface area contributed by atoms with Gasteiger partial charge in [-0.15, -0.1) is 0 Å². The summed E-state index contributed by atoms with van der Waals surface area (Å²) >= 11 is 5.01. The summed E-state index contributed by atoms with van der Waals surface area (Å²) < 4.78 is 0.474. The molecule has 0 bridgehead atoms. The van der Waals surface area contributed by atoms with Crippen molar-refractivity contribution >= 4 is 12.2 Å². The van der Waals surface area contributed by atoms with Gasteiger partial charge in [-0.3, -0.25) is 20.1 Å². The quantitative estimate of drug-likeness (QED) is 0.825. The minimum Gasteiger partial charge on any atom is -0.299 e. The lowest BCUT2D eigenvalue weighted by Crippen LogP contribution is -2.31. The second-order valence-corrected chi connectivity index (χ2v) is 5.25. The molecule has 0 saturated carbocycles. The van der Waals surface area contributed by atoms with Gasteiger partial charge in [0.15, 0.2) is 5.82 Å². The third-order valence-corrected chi connectivity index (χ3v) is 3.84. The molecule has 2 aromatic heterocycles. The molecule has 2 aromatic rings. The lowest BCUT2D eigenvalue weighted by atomic mass is 10.0. The van der Waals surface area contributed by atoms with Crippen molar-refractivity contribution in [1.29, 1.82) is 0 Å². The molecule has 5 nitrogen and oxygen atoms in total. The fourth-order valence-corrected chi connectivity index (χ4v) is 2.68. The zero-order valence-electron chi connectivity index (χ0n) is 11.2. The summed E-state index contributed by atoms with van der Waals surface area (Å²) in [7, 11) is 0. The predicted octanol–water partition coefficient (Wildman–Crippen LogP) is 2.22. The van der Waals surface area contributed by atoms with Gasteiger partial charge in [0.05, 0.1) is 0 Å². The maximum absolute atomic E-state index is 5.01. The molecule has 0 atom stereocenters. The highest BCUT2D eigenvalue weighted by Crippen LogP contribution is 2.25. The topological polar surface area (TPSA) is 60.6 Å². The molecule has 1 aliphatic heterocycles. The Morgan fingerprint density at radius 1 is 1.37 bits per heavy atom. The van der Waals surface area contributed by atoms with Gasteiger partial charge in [-0.25, -0.2) is 0 Å². The second kappa shape index (κ2) is 4.86. The number of H-pyrrole nitrogens is 2. The van der Waals surface area contributed by atoms with E-state index in [4.69, 9.17) is 17.2 Å². The average molecular weight is 275 g/mol. The first-order chi connectivity index (χ1) is 9.17. The number of nitrogens with zero attached hydrogens (tertiary/aromatic N) is 3. The normalized spacial score (nSPS) is 15.5. The molecule has 0 unspecified atom stereocenters. The van der Waals surface area contributed by atoms with Crippen LogP contribution in [0.5, 0.6) is 0 Å². The number of pyridine rings is 1. The van der Waals surface area contributed by atoms with Crippen LogP contribution in [0.15, 0.2) is 6.07 Å². The second-order valence-electron chi connectivity index (χ2n) is 4.86. The van der Waals surface area contributed by atoms with Crippen molar-refractivity contribution in [2.45, 2.75) is 26.8 Å². The largest absolute Gasteiger partial charge is 0.299 e. The van der Waals surface area contributed by atoms with Gasteiger partial charge in [-0.2, -0.15) is 4.98 Å². The van der Waals surface area contributed by atoms with Gasteiger partial charge >= 0.3 is 0 Å². The molecule has 0 aliphatic carbocycles. The first-order valence-electron chi connectivity index (χ1n) is 6.54. The molecule has 0 fully saturated rings. The molecule has 0 radical (unpaired) electrons. The third kappa shape index (κ3) is 2.33. The van der Waals surface area contributed by atoms with E-state index in [0.717, 1.165) is 43.1 Å². The molecule has 19 heavy (non-hydrogen) atoms. The van der Waals surface area contributed by atoms with E-state index in [1.807, 2.05) is 6.92 Å². The number of aromatic nitrogens is 4. The van der Waals surface area contributed by atoms with Crippen LogP contribution in [-0.4, -0.2) is 38.2 Å². The van der Waals surface area contributed by atoms with E-state index in [0.29, 0.717) is 4.77 Å². The van der Waals surface area contributed by atoms with Crippen LogP contribution in [0.3, 0.4) is 0 Å². The predicted molar refractivity (Wildman–Crippen MR) is 76.4 cm³/mol. The highest BCUT2D eigenvalue weighted by molar-refractivity contribution is 7.71. The molecule has 3 heterocycles. The molecule has 6 heteroatoms. The van der Waals surface area contributed by atoms with Crippen molar-refractivity contribution < 1.29 is 0 Å². The van der Waals surface area contributed by atoms with Crippen LogP contribution in [0.2, 0.25) is 0 Å². The summed E-state index contributed by atoms with van der Waals surface area (Å²) in [6.45, 7) is 7.36. The Hall–Kier alpha value is -1.53. The van der Waals surface area contributed by atoms with Gasteiger partial charge in [0.1, 0.15) is 0 Å². The Bertz CT molecular complexity index is 657. The van der Waals surface area contributed by atoms with Gasteiger partial charge < -0.3 is 0 Å². The van der Waals surface area contributed by atoms with Crippen LogP contribution in [0, 0.1) is 11.7 Å². The van der Waals surface area contributed by atoms with Crippen molar-refractivity contribution in [2.24, 2.45) is 0 Å². The van der Waals surface area contributed by atoms with Gasteiger partial charge in [0.2, 0.25) is 4.77 Å². The number of aromatic amines is 2. The van der Waals surface area contributed by atoms with Crippen LogP contribution in [0.4, 0.5) is 0 Å². The van der Waals surface area contributed by atoms with E-state index in [1.54, 1.807) is 0 Å². The maximum Gasteiger partial charge on any atom is 0.213 e. The lowest BCUT2D eigenvalue weighted by molar-refractivity contribution is 0.265. The van der Waals surface area contributed by atoms with E-state index in [1.165, 1.54) is 11.3 Å². The Kier molecular flexibility index (Phi) is 3.20. The first-order valence-corrected chi connectivity index (χ1v) is 6.95. The van der Waals surface area contributed by atoms with Crippen molar-refractivity contribution in [1.82, 2.24) is 25.1 Å². The summed E-state index contributed by atoms with van der Waals surface area (Å²) in [5, 5.41) is 5.84. The highest BCUT2D eigenvalue weighted by atomic mass is 32.1. The summed E-state index contributed by atoms with van der Waals surface area (Å²) in [4.78, 5) is 11.4. The fraction of sp³-hybridized carbons (Fsp3) is 0.462. The number of aryl methyl sites for hydroxylation is 1. The number of hydrogen-bond acceptors (Lipinski definition) is 4. The minimum absolute atomic E-state index is 0.474. The SMILES string of the molecule is CCN1CCc2nc(C)c(-c3nc(=S)[nH][nH]3)cc2C1. The monoisotopic (exact) mass is 275 g/mol. The Labute approximate surface area is 117 Å². The van der Waals surface area contributed by atoms with E-state index >= 15 is 0 Å². The average Bonchev–Trinajstić information content (AvgIpc) is 2.84. The lowest BCUT2D eigenvalue weighted by Gasteiger charge is -2.27. The van der Waals surface area contributed by atoms with Crippen molar-refractivity contribution in [3.05, 3.63) is 27.8 Å². The molecule has 0 spiro atoms. The molecule has 2 N–H and O–H groups in total.